The fourth-order valence-electron chi connectivity index (χ4n) is 3.89. The second-order valence-corrected chi connectivity index (χ2v) is 10.1. The van der Waals surface area contributed by atoms with E-state index in [1.165, 1.54) is 0 Å². The van der Waals surface area contributed by atoms with Crippen molar-refractivity contribution in [1.82, 2.24) is 10.2 Å². The van der Waals surface area contributed by atoms with Crippen molar-refractivity contribution in [2.24, 2.45) is 17.3 Å². The topological polar surface area (TPSA) is 78.9 Å². The highest BCUT2D eigenvalue weighted by molar-refractivity contribution is 6.30. The summed E-state index contributed by atoms with van der Waals surface area (Å²) in [7, 11) is 0. The van der Waals surface area contributed by atoms with Crippen molar-refractivity contribution in [1.29, 1.82) is 0 Å². The van der Waals surface area contributed by atoms with Gasteiger partial charge in [-0.15, -0.1) is 0 Å². The van der Waals surface area contributed by atoms with Crippen LogP contribution in [0.4, 0.5) is 4.79 Å². The van der Waals surface area contributed by atoms with Gasteiger partial charge in [0.2, 0.25) is 5.91 Å². The standard InChI is InChI=1S/C23H35ClN2O4/c1-15(2)13-30-21(28)25-19(16(3)4)20(27)26-12-11-23(29,22(5,6)14-26)17-7-9-18(24)10-8-17/h7-10,15-16,19,29H,11-14H2,1-6H3,(H,25,28)/t19-,23+/m1/s1. The highest BCUT2D eigenvalue weighted by Crippen LogP contribution is 2.46. The Bertz CT molecular complexity index is 748. The molecule has 0 unspecified atom stereocenters. The Balaban J connectivity index is 2.13. The van der Waals surface area contributed by atoms with Crippen molar-refractivity contribution in [3.8, 4) is 0 Å². The van der Waals surface area contributed by atoms with E-state index in [1.54, 1.807) is 17.0 Å². The Labute approximate surface area is 184 Å². The molecule has 1 aliphatic heterocycles. The average molecular weight is 439 g/mol. The zero-order valence-electron chi connectivity index (χ0n) is 18.9. The molecular weight excluding hydrogens is 404 g/mol. The summed E-state index contributed by atoms with van der Waals surface area (Å²) in [6.45, 7) is 12.7. The van der Waals surface area contributed by atoms with Gasteiger partial charge in [-0.1, -0.05) is 65.3 Å². The Kier molecular flexibility index (Phi) is 7.80. The molecular formula is C23H35ClN2O4. The quantitative estimate of drug-likeness (QED) is 0.697. The second kappa shape index (κ2) is 9.56. The smallest absolute Gasteiger partial charge is 0.407 e. The predicted octanol–water partition coefficient (Wildman–Crippen LogP) is 4.19. The highest BCUT2D eigenvalue weighted by atomic mass is 35.5. The molecule has 168 valence electrons. The first-order valence-electron chi connectivity index (χ1n) is 10.6. The van der Waals surface area contributed by atoms with Crippen LogP contribution in [0.3, 0.4) is 0 Å². The first-order chi connectivity index (χ1) is 13.9. The van der Waals surface area contributed by atoms with Gasteiger partial charge in [-0.25, -0.2) is 4.79 Å². The molecule has 1 fully saturated rings. The average Bonchev–Trinajstić information content (AvgIpc) is 2.66. The van der Waals surface area contributed by atoms with E-state index in [9.17, 15) is 14.7 Å². The Morgan fingerprint density at radius 1 is 1.20 bits per heavy atom. The molecule has 0 aromatic heterocycles. The van der Waals surface area contributed by atoms with Gasteiger partial charge in [-0.05, 0) is 36.0 Å². The van der Waals surface area contributed by atoms with Crippen LogP contribution in [0.1, 0.15) is 53.5 Å². The van der Waals surface area contributed by atoms with Crippen LogP contribution in [0.2, 0.25) is 5.02 Å². The SMILES string of the molecule is CC(C)COC(=O)N[C@@H](C(=O)N1CC[C@](O)(c2ccc(Cl)cc2)C(C)(C)C1)C(C)C. The number of hydrogen-bond acceptors (Lipinski definition) is 4. The third kappa shape index (κ3) is 5.46. The number of nitrogens with zero attached hydrogens (tertiary/aromatic N) is 1. The summed E-state index contributed by atoms with van der Waals surface area (Å²) in [5.74, 6) is -0.0283. The van der Waals surface area contributed by atoms with Crippen LogP contribution in [0.5, 0.6) is 0 Å². The third-order valence-electron chi connectivity index (χ3n) is 5.84. The lowest BCUT2D eigenvalue weighted by Crippen LogP contribution is -2.60. The number of likely N-dealkylation sites (tertiary alicyclic amines) is 1. The molecule has 1 aromatic carbocycles. The number of rotatable bonds is 6. The lowest BCUT2D eigenvalue weighted by molar-refractivity contribution is -0.155. The molecule has 1 aromatic rings. The lowest BCUT2D eigenvalue weighted by atomic mass is 9.66. The molecule has 0 bridgehead atoms. The van der Waals surface area contributed by atoms with Crippen LogP contribution in [-0.2, 0) is 15.1 Å². The molecule has 1 heterocycles. The number of benzene rings is 1. The number of nitrogens with one attached hydrogen (secondary N) is 1. The number of piperidine rings is 1. The summed E-state index contributed by atoms with van der Waals surface area (Å²) >= 11 is 6.00. The van der Waals surface area contributed by atoms with Crippen molar-refractivity contribution in [2.45, 2.75) is 59.6 Å². The first kappa shape index (κ1) is 24.5. The van der Waals surface area contributed by atoms with Crippen molar-refractivity contribution in [2.75, 3.05) is 19.7 Å². The maximum Gasteiger partial charge on any atom is 0.407 e. The van der Waals surface area contributed by atoms with Crippen LogP contribution in [0.25, 0.3) is 0 Å². The Morgan fingerprint density at radius 3 is 2.30 bits per heavy atom. The van der Waals surface area contributed by atoms with Gasteiger partial charge in [0.15, 0.2) is 0 Å². The van der Waals surface area contributed by atoms with Gasteiger partial charge >= 0.3 is 6.09 Å². The Hall–Kier alpha value is -1.79. The molecule has 2 N–H and O–H groups in total. The van der Waals surface area contributed by atoms with E-state index < -0.39 is 23.2 Å². The van der Waals surface area contributed by atoms with E-state index in [2.05, 4.69) is 5.32 Å². The van der Waals surface area contributed by atoms with Crippen LogP contribution in [0.15, 0.2) is 24.3 Å². The number of hydrogen-bond donors (Lipinski definition) is 2. The van der Waals surface area contributed by atoms with E-state index >= 15 is 0 Å². The number of halogens is 1. The molecule has 6 nitrogen and oxygen atoms in total. The van der Waals surface area contributed by atoms with Gasteiger partial charge in [0.05, 0.1) is 12.2 Å². The predicted molar refractivity (Wildman–Crippen MR) is 118 cm³/mol. The van der Waals surface area contributed by atoms with Gasteiger partial charge < -0.3 is 20.1 Å². The second-order valence-electron chi connectivity index (χ2n) is 9.62. The number of aliphatic hydroxyl groups is 1. The van der Waals surface area contributed by atoms with E-state index in [0.717, 1.165) is 5.56 Å². The first-order valence-corrected chi connectivity index (χ1v) is 11.0. The van der Waals surface area contributed by atoms with Crippen molar-refractivity contribution < 1.29 is 19.4 Å². The van der Waals surface area contributed by atoms with Crippen LogP contribution in [-0.4, -0.2) is 47.7 Å². The van der Waals surface area contributed by atoms with Gasteiger partial charge in [0.1, 0.15) is 6.04 Å². The zero-order chi connectivity index (χ0) is 22.7. The summed E-state index contributed by atoms with van der Waals surface area (Å²) in [4.78, 5) is 27.1. The largest absolute Gasteiger partial charge is 0.449 e. The number of amides is 2. The van der Waals surface area contributed by atoms with Crippen LogP contribution in [0, 0.1) is 17.3 Å². The lowest BCUT2D eigenvalue weighted by Gasteiger charge is -2.51. The fraction of sp³-hybridized carbons (Fsp3) is 0.652. The molecule has 0 saturated carbocycles. The molecule has 0 radical (unpaired) electrons. The molecule has 30 heavy (non-hydrogen) atoms. The Morgan fingerprint density at radius 2 is 1.80 bits per heavy atom. The molecule has 1 saturated heterocycles. The molecule has 7 heteroatoms. The maximum absolute atomic E-state index is 13.2. The summed E-state index contributed by atoms with van der Waals surface area (Å²) in [5.41, 5.74) is -0.875. The molecule has 0 spiro atoms. The molecule has 2 amide bonds. The molecule has 0 aliphatic carbocycles. The van der Waals surface area contributed by atoms with E-state index in [1.807, 2.05) is 53.7 Å². The fourth-order valence-corrected chi connectivity index (χ4v) is 4.02. The third-order valence-corrected chi connectivity index (χ3v) is 6.09. The number of carbonyl (C=O) groups is 2. The minimum Gasteiger partial charge on any atom is -0.449 e. The minimum atomic E-state index is -1.08. The summed E-state index contributed by atoms with van der Waals surface area (Å²) in [6, 6.07) is 6.53. The van der Waals surface area contributed by atoms with Gasteiger partial charge in [0.25, 0.3) is 0 Å². The van der Waals surface area contributed by atoms with Gasteiger partial charge in [0, 0.05) is 23.5 Å². The summed E-state index contributed by atoms with van der Waals surface area (Å²) < 4.78 is 5.19. The van der Waals surface area contributed by atoms with E-state index in [0.29, 0.717) is 31.1 Å². The van der Waals surface area contributed by atoms with Crippen molar-refractivity contribution >= 4 is 23.6 Å². The number of ether oxygens (including phenoxy) is 1. The van der Waals surface area contributed by atoms with E-state index in [-0.39, 0.29) is 17.7 Å². The van der Waals surface area contributed by atoms with Gasteiger partial charge in [-0.3, -0.25) is 4.79 Å². The normalized spacial score (nSPS) is 22.1. The number of alkyl carbamates (subject to hydrolysis) is 1. The maximum atomic E-state index is 13.2. The van der Waals surface area contributed by atoms with Crippen LogP contribution < -0.4 is 5.32 Å². The van der Waals surface area contributed by atoms with Crippen molar-refractivity contribution in [3.63, 3.8) is 0 Å². The van der Waals surface area contributed by atoms with Crippen molar-refractivity contribution in [3.05, 3.63) is 34.9 Å². The molecule has 2 atom stereocenters. The molecule has 1 aliphatic rings. The van der Waals surface area contributed by atoms with Gasteiger partial charge in [-0.2, -0.15) is 0 Å². The monoisotopic (exact) mass is 438 g/mol. The van der Waals surface area contributed by atoms with Crippen LogP contribution >= 0.6 is 11.6 Å². The zero-order valence-corrected chi connectivity index (χ0v) is 19.6. The number of carbonyl (C=O) groups excluding carboxylic acids is 2. The van der Waals surface area contributed by atoms with E-state index in [4.69, 9.17) is 16.3 Å². The summed E-state index contributed by atoms with van der Waals surface area (Å²) in [5, 5.41) is 14.8. The summed E-state index contributed by atoms with van der Waals surface area (Å²) in [6.07, 6.45) is -0.180. The molecule has 2 rings (SSSR count). The minimum absolute atomic E-state index is 0.0933. The highest BCUT2D eigenvalue weighted by Gasteiger charge is 2.50.